The van der Waals surface area contributed by atoms with Crippen LogP contribution in [-0.4, -0.2) is 22.6 Å². The first-order valence-electron chi connectivity index (χ1n) is 10.5. The highest BCUT2D eigenvalue weighted by molar-refractivity contribution is 5.98. The van der Waals surface area contributed by atoms with Gasteiger partial charge in [-0.05, 0) is 67.6 Å². The molecule has 1 fully saturated rings. The molecule has 1 aromatic heterocycles. The summed E-state index contributed by atoms with van der Waals surface area (Å²) in [6.45, 7) is 1.67. The predicted molar refractivity (Wildman–Crippen MR) is 116 cm³/mol. The van der Waals surface area contributed by atoms with Crippen molar-refractivity contribution in [1.29, 1.82) is 0 Å². The van der Waals surface area contributed by atoms with Gasteiger partial charge in [0.1, 0.15) is 17.4 Å². The highest BCUT2D eigenvalue weighted by Crippen LogP contribution is 2.32. The van der Waals surface area contributed by atoms with Crippen molar-refractivity contribution in [2.45, 2.75) is 32.9 Å². The van der Waals surface area contributed by atoms with Crippen molar-refractivity contribution in [1.82, 2.24) is 10.3 Å². The van der Waals surface area contributed by atoms with Gasteiger partial charge < -0.3 is 15.2 Å². The summed E-state index contributed by atoms with van der Waals surface area (Å²) in [7, 11) is 0. The van der Waals surface area contributed by atoms with Crippen molar-refractivity contribution in [3.8, 4) is 17.0 Å². The van der Waals surface area contributed by atoms with Gasteiger partial charge in [-0.1, -0.05) is 6.07 Å². The lowest BCUT2D eigenvalue weighted by atomic mass is 10.0. The molecule has 2 N–H and O–H groups in total. The summed E-state index contributed by atoms with van der Waals surface area (Å²) in [6.07, 6.45) is 3.84. The average Bonchev–Trinajstić information content (AvgIpc) is 3.64. The second-order valence-electron chi connectivity index (χ2n) is 8.00. The van der Waals surface area contributed by atoms with Crippen LogP contribution in [0.2, 0.25) is 0 Å². The number of benzene rings is 2. The van der Waals surface area contributed by atoms with Gasteiger partial charge in [0.15, 0.2) is 0 Å². The number of hydrogen-bond donors (Lipinski definition) is 2. The average molecular weight is 438 g/mol. The van der Waals surface area contributed by atoms with Crippen LogP contribution in [0.1, 0.15) is 39.9 Å². The predicted octanol–water partition coefficient (Wildman–Crippen LogP) is 4.55. The smallest absolute Gasteiger partial charge is 0.255 e. The van der Waals surface area contributed by atoms with Gasteiger partial charge in [0.2, 0.25) is 0 Å². The van der Waals surface area contributed by atoms with E-state index < -0.39 is 17.5 Å². The Morgan fingerprint density at radius 3 is 2.62 bits per heavy atom. The Bertz CT molecular complexity index is 1120. The minimum Gasteiger partial charge on any atom is -0.492 e. The number of aliphatic hydroxyl groups is 1. The van der Waals surface area contributed by atoms with Gasteiger partial charge in [-0.15, -0.1) is 0 Å². The van der Waals surface area contributed by atoms with Gasteiger partial charge in [0.25, 0.3) is 5.91 Å². The lowest BCUT2D eigenvalue weighted by molar-refractivity contribution is 0.0946. The minimum absolute atomic E-state index is 0.0370. The van der Waals surface area contributed by atoms with E-state index in [0.29, 0.717) is 46.2 Å². The number of aliphatic hydroxyl groups excluding tert-OH is 1. The van der Waals surface area contributed by atoms with Crippen molar-refractivity contribution in [2.75, 3.05) is 6.61 Å². The third kappa shape index (κ3) is 4.94. The number of amides is 1. The molecule has 1 aliphatic carbocycles. The van der Waals surface area contributed by atoms with Crippen molar-refractivity contribution >= 4 is 5.91 Å². The summed E-state index contributed by atoms with van der Waals surface area (Å²) in [6, 6.07) is 11.1. The van der Waals surface area contributed by atoms with Crippen molar-refractivity contribution in [2.24, 2.45) is 5.92 Å². The lowest BCUT2D eigenvalue weighted by Crippen LogP contribution is -2.24. The molecule has 2 aromatic carbocycles. The van der Waals surface area contributed by atoms with Crippen LogP contribution in [0.4, 0.5) is 8.78 Å². The molecule has 1 saturated carbocycles. The van der Waals surface area contributed by atoms with Gasteiger partial charge in [0.05, 0.1) is 24.5 Å². The summed E-state index contributed by atoms with van der Waals surface area (Å²) in [5, 5.41) is 12.4. The number of nitrogens with one attached hydrogen (secondary N) is 1. The first-order chi connectivity index (χ1) is 15.5. The minimum atomic E-state index is -0.656. The van der Waals surface area contributed by atoms with E-state index in [1.165, 1.54) is 19.1 Å². The fraction of sp³-hybridized carbons (Fsp3) is 0.280. The molecule has 0 spiro atoms. The van der Waals surface area contributed by atoms with E-state index >= 15 is 0 Å². The Balaban J connectivity index is 1.60. The summed E-state index contributed by atoms with van der Waals surface area (Å²) in [5.74, 6) is -0.810. The number of carbonyl (C=O) groups excluding carboxylic acids is 1. The Labute approximate surface area is 185 Å². The number of halogens is 2. The first kappa shape index (κ1) is 21.9. The molecule has 1 heterocycles. The molecule has 0 aliphatic heterocycles. The number of pyridine rings is 1. The summed E-state index contributed by atoms with van der Waals surface area (Å²) in [5.41, 5.74) is 2.43. The molecule has 0 radical (unpaired) electrons. The van der Waals surface area contributed by atoms with Crippen LogP contribution < -0.4 is 10.1 Å². The third-order valence-electron chi connectivity index (χ3n) is 5.52. The molecule has 0 saturated heterocycles. The molecule has 1 amide bonds. The molecule has 166 valence electrons. The Morgan fingerprint density at radius 2 is 1.94 bits per heavy atom. The van der Waals surface area contributed by atoms with Crippen LogP contribution >= 0.6 is 0 Å². The number of ether oxygens (including phenoxy) is 1. The third-order valence-corrected chi connectivity index (χ3v) is 5.52. The summed E-state index contributed by atoms with van der Waals surface area (Å²) >= 11 is 0. The van der Waals surface area contributed by atoms with E-state index in [4.69, 9.17) is 4.74 Å². The van der Waals surface area contributed by atoms with Gasteiger partial charge in [-0.3, -0.25) is 9.78 Å². The van der Waals surface area contributed by atoms with Crippen LogP contribution in [0.25, 0.3) is 11.3 Å². The maximum Gasteiger partial charge on any atom is 0.255 e. The molecule has 5 nitrogen and oxygen atoms in total. The van der Waals surface area contributed by atoms with E-state index in [1.807, 2.05) is 0 Å². The molecular weight excluding hydrogens is 414 g/mol. The van der Waals surface area contributed by atoms with Gasteiger partial charge in [-0.25, -0.2) is 8.78 Å². The molecule has 7 heteroatoms. The largest absolute Gasteiger partial charge is 0.492 e. The monoisotopic (exact) mass is 438 g/mol. The highest BCUT2D eigenvalue weighted by atomic mass is 19.1. The van der Waals surface area contributed by atoms with Gasteiger partial charge >= 0.3 is 0 Å². The van der Waals surface area contributed by atoms with Crippen LogP contribution in [0, 0.1) is 24.5 Å². The van der Waals surface area contributed by atoms with E-state index in [2.05, 4.69) is 10.3 Å². The van der Waals surface area contributed by atoms with Crippen LogP contribution in [-0.2, 0) is 13.2 Å². The Kier molecular flexibility index (Phi) is 6.46. The van der Waals surface area contributed by atoms with Crippen LogP contribution in [0.3, 0.4) is 0 Å². The van der Waals surface area contributed by atoms with Gasteiger partial charge in [0, 0.05) is 29.4 Å². The maximum atomic E-state index is 13.8. The molecule has 1 aliphatic rings. The topological polar surface area (TPSA) is 71.5 Å². The molecule has 0 bridgehead atoms. The molecule has 32 heavy (non-hydrogen) atoms. The summed E-state index contributed by atoms with van der Waals surface area (Å²) < 4.78 is 33.6. The highest BCUT2D eigenvalue weighted by Gasteiger charge is 2.23. The molecule has 0 unspecified atom stereocenters. The lowest BCUT2D eigenvalue weighted by Gasteiger charge is -2.14. The SMILES string of the molecule is Cc1c(F)cc(CNC(=O)c2cc(-c3ncccc3CO)ccc2OCC2CC2)cc1F. The number of carbonyl (C=O) groups is 1. The van der Waals surface area contributed by atoms with E-state index in [-0.39, 0.29) is 18.7 Å². The van der Waals surface area contributed by atoms with Crippen LogP contribution in [0.5, 0.6) is 5.75 Å². The van der Waals surface area contributed by atoms with E-state index in [0.717, 1.165) is 12.8 Å². The summed E-state index contributed by atoms with van der Waals surface area (Å²) in [4.78, 5) is 17.4. The van der Waals surface area contributed by atoms with E-state index in [1.54, 1.807) is 36.5 Å². The van der Waals surface area contributed by atoms with Gasteiger partial charge in [-0.2, -0.15) is 0 Å². The molecule has 3 aromatic rings. The molecule has 4 rings (SSSR count). The van der Waals surface area contributed by atoms with Crippen molar-refractivity contribution in [3.63, 3.8) is 0 Å². The standard InChI is InChI=1S/C25H24F2N2O3/c1-15-21(26)9-17(10-22(15)27)12-29-25(31)20-11-18(24-19(13-30)3-2-8-28-24)6-7-23(20)32-14-16-4-5-16/h2-3,6-11,16,30H,4-5,12-14H2,1H3,(H,29,31). The number of nitrogens with zero attached hydrogens (tertiary/aromatic N) is 1. The zero-order valence-electron chi connectivity index (χ0n) is 17.7. The zero-order valence-corrected chi connectivity index (χ0v) is 17.7. The fourth-order valence-corrected chi connectivity index (χ4v) is 3.38. The fourth-order valence-electron chi connectivity index (χ4n) is 3.38. The Hall–Kier alpha value is -3.32. The normalized spacial score (nSPS) is 13.1. The Morgan fingerprint density at radius 1 is 1.19 bits per heavy atom. The second-order valence-corrected chi connectivity index (χ2v) is 8.00. The molecular formula is C25H24F2N2O3. The number of rotatable bonds is 8. The zero-order chi connectivity index (χ0) is 22.7. The maximum absolute atomic E-state index is 13.8. The second kappa shape index (κ2) is 9.44. The van der Waals surface area contributed by atoms with Crippen LogP contribution in [0.15, 0.2) is 48.7 Å². The van der Waals surface area contributed by atoms with E-state index in [9.17, 15) is 18.7 Å². The molecule has 0 atom stereocenters. The quantitative estimate of drug-likeness (QED) is 0.542. The number of aromatic nitrogens is 1. The number of hydrogen-bond acceptors (Lipinski definition) is 4. The van der Waals surface area contributed by atoms with Crippen molar-refractivity contribution in [3.05, 3.63) is 82.5 Å². The first-order valence-corrected chi connectivity index (χ1v) is 10.5. The van der Waals surface area contributed by atoms with Crippen molar-refractivity contribution < 1.29 is 23.4 Å².